The maximum absolute atomic E-state index is 10.5. The van der Waals surface area contributed by atoms with Crippen LogP contribution in [-0.4, -0.2) is 10.2 Å². The van der Waals surface area contributed by atoms with Gasteiger partial charge in [0, 0.05) is 12.1 Å². The smallest absolute Gasteiger partial charge is 0.254 e. The summed E-state index contributed by atoms with van der Waals surface area (Å²) in [7, 11) is 0. The van der Waals surface area contributed by atoms with Gasteiger partial charge in [0.05, 0.1) is 0 Å². The quantitative estimate of drug-likeness (QED) is 0.653. The molecule has 2 aromatic carbocycles. The van der Waals surface area contributed by atoms with E-state index in [0.717, 1.165) is 24.0 Å². The lowest BCUT2D eigenvalue weighted by Crippen LogP contribution is -2.16. The highest BCUT2D eigenvalue weighted by molar-refractivity contribution is 5.76. The highest BCUT2D eigenvalue weighted by Gasteiger charge is 2.26. The van der Waals surface area contributed by atoms with Crippen LogP contribution in [0.4, 0.5) is 0 Å². The molecule has 0 aliphatic rings. The second kappa shape index (κ2) is 6.98. The largest absolute Gasteiger partial charge is 0.593 e. The third kappa shape index (κ3) is 3.90. The summed E-state index contributed by atoms with van der Waals surface area (Å²) in [4.78, 5) is 0. The monoisotopic (exact) mass is 355 g/mol. The number of aromatic hydroxyl groups is 1. The van der Waals surface area contributed by atoms with Gasteiger partial charge < -0.3 is 10.2 Å². The predicted octanol–water partition coefficient (Wildman–Crippen LogP) is 6.22. The standard InChI is InChI=1S/C24H34O2/c1-9-17-19(11-15(25)13-21(17)23(3,4)5)20-12-16(26)14-22(18(20)10-2)24(6,7)8/h11-14,25-26H,9-10H2,1-8H3/p+1. The van der Waals surface area contributed by atoms with Gasteiger partial charge in [0.2, 0.25) is 0 Å². The fraction of sp³-hybridized carbons (Fsp3) is 0.500. The molecule has 0 saturated heterocycles. The van der Waals surface area contributed by atoms with Gasteiger partial charge in [-0.15, -0.1) is 0 Å². The van der Waals surface area contributed by atoms with Gasteiger partial charge in [0.1, 0.15) is 5.75 Å². The van der Waals surface area contributed by atoms with Crippen LogP contribution in [0.2, 0.25) is 0 Å². The van der Waals surface area contributed by atoms with Gasteiger partial charge in [-0.3, -0.25) is 0 Å². The molecule has 142 valence electrons. The van der Waals surface area contributed by atoms with Crippen molar-refractivity contribution in [2.75, 3.05) is 0 Å². The molecule has 0 bridgehead atoms. The predicted molar refractivity (Wildman–Crippen MR) is 113 cm³/mol. The molecule has 0 atom stereocenters. The van der Waals surface area contributed by atoms with Crippen molar-refractivity contribution in [2.24, 2.45) is 0 Å². The normalized spacial score (nSPS) is 12.5. The van der Waals surface area contributed by atoms with Crippen molar-refractivity contribution in [3.8, 4) is 22.6 Å². The van der Waals surface area contributed by atoms with Crippen molar-refractivity contribution < 1.29 is 10.2 Å². The molecule has 0 aliphatic carbocycles. The van der Waals surface area contributed by atoms with E-state index in [-0.39, 0.29) is 10.8 Å². The summed E-state index contributed by atoms with van der Waals surface area (Å²) >= 11 is 0. The molecule has 2 heteroatoms. The summed E-state index contributed by atoms with van der Waals surface area (Å²) in [5.41, 5.74) is 7.08. The first-order valence-corrected chi connectivity index (χ1v) is 9.65. The molecule has 0 radical (unpaired) electrons. The minimum atomic E-state index is -0.0450. The number of hydrogen-bond donors (Lipinski definition) is 1. The Bertz CT molecular complexity index is 733. The lowest BCUT2D eigenvalue weighted by Gasteiger charge is -2.28. The van der Waals surface area contributed by atoms with Crippen molar-refractivity contribution in [1.82, 2.24) is 0 Å². The first kappa shape index (κ1) is 20.4. The Kier molecular flexibility index (Phi) is 5.46. The Balaban J connectivity index is 2.93. The Morgan fingerprint density at radius 1 is 0.731 bits per heavy atom. The van der Waals surface area contributed by atoms with Crippen molar-refractivity contribution >= 4 is 0 Å². The number of hydrogen-bond acceptors (Lipinski definition) is 1. The van der Waals surface area contributed by atoms with E-state index in [2.05, 4.69) is 55.4 Å². The van der Waals surface area contributed by atoms with Crippen LogP contribution in [0.5, 0.6) is 11.5 Å². The highest BCUT2D eigenvalue weighted by atomic mass is 16.3. The van der Waals surface area contributed by atoms with Crippen LogP contribution < -0.4 is 0 Å². The zero-order valence-electron chi connectivity index (χ0n) is 17.7. The first-order valence-electron chi connectivity index (χ1n) is 9.65. The Hall–Kier alpha value is -1.96. The summed E-state index contributed by atoms with van der Waals surface area (Å²) < 4.78 is 0. The van der Waals surface area contributed by atoms with E-state index in [0.29, 0.717) is 11.5 Å². The molecule has 2 rings (SSSR count). The maximum Gasteiger partial charge on any atom is 0.254 e. The molecule has 0 amide bonds. The fourth-order valence-corrected chi connectivity index (χ4v) is 3.91. The zero-order valence-corrected chi connectivity index (χ0v) is 17.7. The molecule has 0 spiro atoms. The Morgan fingerprint density at radius 2 is 1.15 bits per heavy atom. The molecule has 0 fully saturated rings. The van der Waals surface area contributed by atoms with Gasteiger partial charge in [-0.05, 0) is 69.2 Å². The first-order chi connectivity index (χ1) is 11.9. The van der Waals surface area contributed by atoms with Crippen molar-refractivity contribution in [2.45, 2.75) is 79.1 Å². The van der Waals surface area contributed by atoms with E-state index < -0.39 is 0 Å². The minimum absolute atomic E-state index is 0.0206. The van der Waals surface area contributed by atoms with Gasteiger partial charge in [0.15, 0.2) is 0 Å². The number of benzene rings is 2. The van der Waals surface area contributed by atoms with Gasteiger partial charge >= 0.3 is 0 Å². The Morgan fingerprint density at radius 3 is 1.58 bits per heavy atom. The maximum atomic E-state index is 10.5. The van der Waals surface area contributed by atoms with Gasteiger partial charge in [-0.25, -0.2) is 0 Å². The van der Waals surface area contributed by atoms with E-state index in [9.17, 15) is 5.11 Å². The lowest BCUT2D eigenvalue weighted by molar-refractivity contribution is 0.469. The van der Waals surface area contributed by atoms with Gasteiger partial charge in [0.25, 0.3) is 5.75 Å². The summed E-state index contributed by atoms with van der Waals surface area (Å²) in [6.45, 7) is 17.5. The van der Waals surface area contributed by atoms with Crippen LogP contribution in [-0.2, 0) is 23.7 Å². The highest BCUT2D eigenvalue weighted by Crippen LogP contribution is 2.42. The number of rotatable bonds is 3. The van der Waals surface area contributed by atoms with Crippen LogP contribution in [0.3, 0.4) is 0 Å². The lowest BCUT2D eigenvalue weighted by atomic mass is 9.76. The molecule has 2 nitrogen and oxygen atoms in total. The van der Waals surface area contributed by atoms with Crippen molar-refractivity contribution in [3.05, 3.63) is 46.5 Å². The number of phenolic OH excluding ortho intramolecular Hbond substituents is 1. The topological polar surface area (TPSA) is 43.1 Å². The molecule has 0 aliphatic heterocycles. The summed E-state index contributed by atoms with van der Waals surface area (Å²) in [5, 5.41) is 18.8. The molecule has 3 N–H and O–H groups in total. The zero-order chi connectivity index (χ0) is 19.9. The molecule has 0 saturated carbocycles. The van der Waals surface area contributed by atoms with Crippen molar-refractivity contribution in [3.63, 3.8) is 0 Å². The second-order valence-corrected chi connectivity index (χ2v) is 9.28. The molecular weight excluding hydrogens is 320 g/mol. The van der Waals surface area contributed by atoms with E-state index in [1.54, 1.807) is 0 Å². The third-order valence-corrected chi connectivity index (χ3v) is 5.10. The van der Waals surface area contributed by atoms with E-state index in [1.165, 1.54) is 22.3 Å². The van der Waals surface area contributed by atoms with E-state index in [4.69, 9.17) is 5.11 Å². The van der Waals surface area contributed by atoms with E-state index in [1.807, 2.05) is 24.3 Å². The van der Waals surface area contributed by atoms with Crippen LogP contribution in [0.1, 0.15) is 77.6 Å². The molecule has 2 aromatic rings. The molecular formula is C24H35O2+. The molecule has 0 unspecified atom stereocenters. The van der Waals surface area contributed by atoms with Crippen LogP contribution in [0.15, 0.2) is 24.3 Å². The molecule has 0 heterocycles. The minimum Gasteiger partial charge on any atom is -0.593 e. The van der Waals surface area contributed by atoms with Crippen LogP contribution >= 0.6 is 0 Å². The van der Waals surface area contributed by atoms with Gasteiger partial charge in [-0.1, -0.05) is 55.4 Å². The fourth-order valence-electron chi connectivity index (χ4n) is 3.91. The third-order valence-electron chi connectivity index (χ3n) is 5.10. The summed E-state index contributed by atoms with van der Waals surface area (Å²) in [6, 6.07) is 7.76. The number of phenols is 1. The second-order valence-electron chi connectivity index (χ2n) is 9.28. The SMILES string of the molecule is CCc1c(-c2cc([OH2+])cc(C(C)(C)C)c2CC)cc(O)cc1C(C)(C)C. The average Bonchev–Trinajstić information content (AvgIpc) is 2.51. The Labute approximate surface area is 158 Å². The molecule has 0 aromatic heterocycles. The van der Waals surface area contributed by atoms with Crippen LogP contribution in [0.25, 0.3) is 11.1 Å². The van der Waals surface area contributed by atoms with Crippen molar-refractivity contribution in [1.29, 1.82) is 0 Å². The van der Waals surface area contributed by atoms with Crippen LogP contribution in [0, 0.1) is 0 Å². The summed E-state index contributed by atoms with van der Waals surface area (Å²) in [5.74, 6) is 0.835. The van der Waals surface area contributed by atoms with E-state index >= 15 is 0 Å². The summed E-state index contributed by atoms with van der Waals surface area (Å²) in [6.07, 6.45) is 1.81. The average molecular weight is 356 g/mol. The van der Waals surface area contributed by atoms with Gasteiger partial charge in [-0.2, -0.15) is 0 Å². The molecule has 26 heavy (non-hydrogen) atoms.